The number of aliphatic carboxylic acids is 1. The monoisotopic (exact) mass is 306 g/mol. The van der Waals surface area contributed by atoms with Crippen LogP contribution in [0.1, 0.15) is 34.6 Å². The summed E-state index contributed by atoms with van der Waals surface area (Å²) in [6.07, 6.45) is 0. The Labute approximate surface area is 121 Å². The molecule has 2 amide bonds. The Kier molecular flexibility index (Phi) is 6.84. The Morgan fingerprint density at radius 3 is 2.10 bits per heavy atom. The summed E-state index contributed by atoms with van der Waals surface area (Å²) in [6.45, 7) is 8.01. The van der Waals surface area contributed by atoms with Gasteiger partial charge in [-0.3, -0.25) is 13.8 Å². The van der Waals surface area contributed by atoms with Gasteiger partial charge < -0.3 is 15.7 Å². The van der Waals surface area contributed by atoms with Gasteiger partial charge in [-0.2, -0.15) is 0 Å². The zero-order valence-electron chi connectivity index (χ0n) is 12.4. The average Bonchev–Trinajstić information content (AvgIpc) is 2.23. The summed E-state index contributed by atoms with van der Waals surface area (Å²) in [4.78, 5) is 33.7. The third-order valence-electron chi connectivity index (χ3n) is 2.27. The van der Waals surface area contributed by atoms with E-state index in [0.29, 0.717) is 0 Å². The quantitative estimate of drug-likeness (QED) is 0.619. The number of rotatable bonds is 6. The predicted molar refractivity (Wildman–Crippen MR) is 75.6 cm³/mol. The van der Waals surface area contributed by atoms with Crippen LogP contribution in [0.2, 0.25) is 0 Å². The van der Waals surface area contributed by atoms with Crippen molar-refractivity contribution in [1.29, 1.82) is 0 Å². The lowest BCUT2D eigenvalue weighted by atomic mass is 10.1. The standard InChI is InChI=1S/C12H22N2O5S/c1-7(10(16)14-12(3,4)5)20(19)6-9(11(17)18)13-8(2)15/h7,9H,6H2,1-5H3,(H,13,15)(H,14,16)(H,17,18). The molecular formula is C12H22N2O5S. The van der Waals surface area contributed by atoms with Crippen molar-refractivity contribution in [2.24, 2.45) is 0 Å². The Bertz CT molecular complexity index is 417. The lowest BCUT2D eigenvalue weighted by molar-refractivity contribution is -0.140. The largest absolute Gasteiger partial charge is 0.480 e. The molecule has 0 rings (SSSR count). The fourth-order valence-corrected chi connectivity index (χ4v) is 2.46. The minimum absolute atomic E-state index is 0.312. The summed E-state index contributed by atoms with van der Waals surface area (Å²) in [5.74, 6) is -2.53. The summed E-state index contributed by atoms with van der Waals surface area (Å²) < 4.78 is 12.0. The van der Waals surface area contributed by atoms with Gasteiger partial charge in [-0.05, 0) is 27.7 Å². The maximum Gasteiger partial charge on any atom is 0.327 e. The summed E-state index contributed by atoms with van der Waals surface area (Å²) in [7, 11) is -1.70. The van der Waals surface area contributed by atoms with Gasteiger partial charge in [-0.1, -0.05) is 0 Å². The maximum atomic E-state index is 12.0. The lowest BCUT2D eigenvalue weighted by Gasteiger charge is -2.23. The van der Waals surface area contributed by atoms with E-state index < -0.39 is 45.4 Å². The van der Waals surface area contributed by atoms with Crippen molar-refractivity contribution in [3.05, 3.63) is 0 Å². The van der Waals surface area contributed by atoms with Gasteiger partial charge in [0.1, 0.15) is 11.3 Å². The van der Waals surface area contributed by atoms with Crippen molar-refractivity contribution in [2.45, 2.75) is 51.4 Å². The minimum Gasteiger partial charge on any atom is -0.480 e. The van der Waals surface area contributed by atoms with Gasteiger partial charge in [0.05, 0.1) is 5.75 Å². The fraction of sp³-hybridized carbons (Fsp3) is 0.750. The van der Waals surface area contributed by atoms with Gasteiger partial charge in [0, 0.05) is 23.3 Å². The number of carbonyl (C=O) groups excluding carboxylic acids is 2. The van der Waals surface area contributed by atoms with Crippen LogP contribution in [-0.4, -0.2) is 49.7 Å². The topological polar surface area (TPSA) is 113 Å². The van der Waals surface area contributed by atoms with Crippen LogP contribution in [0, 0.1) is 0 Å². The lowest BCUT2D eigenvalue weighted by Crippen LogP contribution is -2.49. The molecule has 116 valence electrons. The Balaban J connectivity index is 4.68. The molecular weight excluding hydrogens is 284 g/mol. The van der Waals surface area contributed by atoms with Gasteiger partial charge in [-0.25, -0.2) is 4.79 Å². The van der Waals surface area contributed by atoms with E-state index >= 15 is 0 Å². The SMILES string of the molecule is CC(=O)NC(CS(=O)C(C)C(=O)NC(C)(C)C)C(=O)O. The Morgan fingerprint density at radius 1 is 1.25 bits per heavy atom. The second kappa shape index (κ2) is 7.37. The molecule has 3 N–H and O–H groups in total. The molecule has 3 atom stereocenters. The molecule has 20 heavy (non-hydrogen) atoms. The summed E-state index contributed by atoms with van der Waals surface area (Å²) in [6, 6.07) is -1.27. The molecule has 0 aromatic rings. The Morgan fingerprint density at radius 2 is 1.75 bits per heavy atom. The molecule has 0 spiro atoms. The molecule has 0 saturated heterocycles. The number of amides is 2. The molecule has 3 unspecified atom stereocenters. The molecule has 0 aliphatic heterocycles. The summed E-state index contributed by atoms with van der Waals surface area (Å²) in [5, 5.41) is 12.9. The van der Waals surface area contributed by atoms with Crippen LogP contribution >= 0.6 is 0 Å². The number of hydrogen-bond acceptors (Lipinski definition) is 4. The summed E-state index contributed by atoms with van der Waals surface area (Å²) >= 11 is 0. The van der Waals surface area contributed by atoms with E-state index in [9.17, 15) is 18.6 Å². The highest BCUT2D eigenvalue weighted by atomic mass is 32.2. The van der Waals surface area contributed by atoms with E-state index in [1.807, 2.05) is 0 Å². The molecule has 0 bridgehead atoms. The number of carboxylic acid groups (broad SMARTS) is 1. The number of carbonyl (C=O) groups is 3. The first-order valence-electron chi connectivity index (χ1n) is 6.13. The first-order chi connectivity index (χ1) is 8.94. The van der Waals surface area contributed by atoms with Crippen molar-refractivity contribution in [1.82, 2.24) is 10.6 Å². The van der Waals surface area contributed by atoms with Crippen molar-refractivity contribution < 1.29 is 23.7 Å². The van der Waals surface area contributed by atoms with Crippen LogP contribution in [0.4, 0.5) is 0 Å². The van der Waals surface area contributed by atoms with Crippen LogP contribution in [0.3, 0.4) is 0 Å². The van der Waals surface area contributed by atoms with E-state index in [2.05, 4.69) is 10.6 Å². The number of hydrogen-bond donors (Lipinski definition) is 3. The number of carboxylic acids is 1. The molecule has 0 fully saturated rings. The third kappa shape index (κ3) is 7.22. The molecule has 0 heterocycles. The molecule has 0 aliphatic rings. The van der Waals surface area contributed by atoms with Gasteiger partial charge >= 0.3 is 5.97 Å². The van der Waals surface area contributed by atoms with Crippen LogP contribution in [0.15, 0.2) is 0 Å². The van der Waals surface area contributed by atoms with Crippen LogP contribution in [-0.2, 0) is 25.2 Å². The van der Waals surface area contributed by atoms with Gasteiger partial charge in [0.2, 0.25) is 11.8 Å². The fourth-order valence-electron chi connectivity index (χ4n) is 1.32. The van der Waals surface area contributed by atoms with Gasteiger partial charge in [0.15, 0.2) is 0 Å². The van der Waals surface area contributed by atoms with Crippen molar-refractivity contribution in [2.75, 3.05) is 5.75 Å². The first-order valence-corrected chi connectivity index (χ1v) is 7.51. The van der Waals surface area contributed by atoms with Crippen molar-refractivity contribution >= 4 is 28.6 Å². The second-order valence-electron chi connectivity index (χ2n) is 5.52. The number of nitrogens with one attached hydrogen (secondary N) is 2. The third-order valence-corrected chi connectivity index (χ3v) is 3.93. The van der Waals surface area contributed by atoms with Crippen LogP contribution in [0.5, 0.6) is 0 Å². The van der Waals surface area contributed by atoms with Crippen molar-refractivity contribution in [3.63, 3.8) is 0 Å². The minimum atomic E-state index is -1.70. The van der Waals surface area contributed by atoms with Gasteiger partial charge in [0.25, 0.3) is 0 Å². The van der Waals surface area contributed by atoms with E-state index in [-0.39, 0.29) is 5.75 Å². The zero-order valence-corrected chi connectivity index (χ0v) is 13.2. The predicted octanol–water partition coefficient (Wildman–Crippen LogP) is -0.372. The van der Waals surface area contributed by atoms with Crippen LogP contribution in [0.25, 0.3) is 0 Å². The molecule has 7 nitrogen and oxygen atoms in total. The summed E-state index contributed by atoms with van der Waals surface area (Å²) in [5.41, 5.74) is -0.459. The first kappa shape index (κ1) is 18.6. The highest BCUT2D eigenvalue weighted by Gasteiger charge is 2.28. The smallest absolute Gasteiger partial charge is 0.327 e. The Hall–Kier alpha value is -1.44. The van der Waals surface area contributed by atoms with E-state index in [4.69, 9.17) is 5.11 Å². The highest BCUT2D eigenvalue weighted by molar-refractivity contribution is 7.86. The maximum absolute atomic E-state index is 12.0. The molecule has 0 radical (unpaired) electrons. The van der Waals surface area contributed by atoms with Gasteiger partial charge in [-0.15, -0.1) is 0 Å². The van der Waals surface area contributed by atoms with Crippen LogP contribution < -0.4 is 10.6 Å². The molecule has 0 aromatic carbocycles. The molecule has 8 heteroatoms. The highest BCUT2D eigenvalue weighted by Crippen LogP contribution is 2.04. The zero-order chi connectivity index (χ0) is 16.1. The molecule has 0 saturated carbocycles. The average molecular weight is 306 g/mol. The molecule has 0 aromatic heterocycles. The second-order valence-corrected chi connectivity index (χ2v) is 7.32. The normalized spacial score (nSPS) is 15.8. The van der Waals surface area contributed by atoms with E-state index in [1.165, 1.54) is 13.8 Å². The molecule has 0 aliphatic carbocycles. The van der Waals surface area contributed by atoms with E-state index in [1.54, 1.807) is 20.8 Å². The van der Waals surface area contributed by atoms with E-state index in [0.717, 1.165) is 0 Å². The van der Waals surface area contributed by atoms with Crippen molar-refractivity contribution in [3.8, 4) is 0 Å².